The molecule has 1 aromatic carbocycles. The van der Waals surface area contributed by atoms with Crippen molar-refractivity contribution in [3.05, 3.63) is 57.9 Å². The highest BCUT2D eigenvalue weighted by molar-refractivity contribution is 7.80. The Hall–Kier alpha value is -1.98. The van der Waals surface area contributed by atoms with Crippen molar-refractivity contribution in [1.29, 1.82) is 0 Å². The van der Waals surface area contributed by atoms with E-state index in [0.717, 1.165) is 28.7 Å². The number of hydrogen-bond donors (Lipinski definition) is 2. The second-order valence-electron chi connectivity index (χ2n) is 4.86. The van der Waals surface area contributed by atoms with Gasteiger partial charge >= 0.3 is 0 Å². The zero-order chi connectivity index (χ0) is 14.8. The molecule has 3 rings (SSSR count). The minimum Gasteiger partial charge on any atom is -0.389 e. The third kappa shape index (κ3) is 2.75. The van der Waals surface area contributed by atoms with Gasteiger partial charge in [0, 0.05) is 18.1 Å². The third-order valence-electron chi connectivity index (χ3n) is 3.46. The topological polar surface area (TPSA) is 50.9 Å². The lowest BCUT2D eigenvalue weighted by atomic mass is 10.1. The van der Waals surface area contributed by atoms with E-state index in [1.807, 2.05) is 24.3 Å². The van der Waals surface area contributed by atoms with Crippen molar-refractivity contribution in [3.63, 3.8) is 0 Å². The van der Waals surface area contributed by atoms with Crippen molar-refractivity contribution in [2.45, 2.75) is 13.5 Å². The smallest absolute Gasteiger partial charge is 0.107 e. The summed E-state index contributed by atoms with van der Waals surface area (Å²) in [5.74, 6) is 0. The van der Waals surface area contributed by atoms with Gasteiger partial charge in [0.05, 0.1) is 16.8 Å². The van der Waals surface area contributed by atoms with Crippen molar-refractivity contribution in [3.8, 4) is 0 Å². The van der Waals surface area contributed by atoms with Gasteiger partial charge in [0.25, 0.3) is 0 Å². The number of aryl methyl sites for hydroxylation is 1. The van der Waals surface area contributed by atoms with Gasteiger partial charge in [-0.25, -0.2) is 0 Å². The highest BCUT2D eigenvalue weighted by Crippen LogP contribution is 2.27. The number of thiocarbonyl (C=S) groups is 1. The van der Waals surface area contributed by atoms with Crippen LogP contribution in [-0.2, 0) is 6.54 Å². The van der Waals surface area contributed by atoms with Gasteiger partial charge in [0.1, 0.15) is 4.99 Å². The molecule has 0 saturated carbocycles. The van der Waals surface area contributed by atoms with E-state index in [9.17, 15) is 0 Å². The summed E-state index contributed by atoms with van der Waals surface area (Å²) in [7, 11) is 0. The number of benzene rings is 1. The van der Waals surface area contributed by atoms with Crippen LogP contribution in [0.1, 0.15) is 16.7 Å². The second-order valence-corrected chi connectivity index (χ2v) is 6.05. The highest BCUT2D eigenvalue weighted by atomic mass is 32.1. The fraction of sp³-hybridized carbons (Fsp3) is 0.125. The molecule has 0 aliphatic rings. The first-order valence-electron chi connectivity index (χ1n) is 6.60. The molecule has 0 bridgehead atoms. The standard InChI is InChI=1S/C16H15N3S2/c1-10-8-21-9-11(10)6-19-15-12-4-2-3-5-14(12)18-7-13(15)16(17)20/h2-5,7-9H,6H2,1H3,(H2,17,20)(H,18,19). The highest BCUT2D eigenvalue weighted by Gasteiger charge is 2.11. The molecule has 0 amide bonds. The van der Waals surface area contributed by atoms with E-state index in [0.29, 0.717) is 4.99 Å². The van der Waals surface area contributed by atoms with Gasteiger partial charge in [-0.1, -0.05) is 30.4 Å². The molecular formula is C16H15N3S2. The van der Waals surface area contributed by atoms with Crippen molar-refractivity contribution in [1.82, 2.24) is 4.98 Å². The largest absolute Gasteiger partial charge is 0.389 e. The number of nitrogens with zero attached hydrogens (tertiary/aromatic N) is 1. The maximum Gasteiger partial charge on any atom is 0.107 e. The minimum atomic E-state index is 0.359. The van der Waals surface area contributed by atoms with Gasteiger partial charge < -0.3 is 11.1 Å². The summed E-state index contributed by atoms with van der Waals surface area (Å²) in [6, 6.07) is 7.99. The quantitative estimate of drug-likeness (QED) is 0.718. The van der Waals surface area contributed by atoms with Crippen LogP contribution in [0.15, 0.2) is 41.2 Å². The first-order valence-corrected chi connectivity index (χ1v) is 7.95. The van der Waals surface area contributed by atoms with E-state index >= 15 is 0 Å². The van der Waals surface area contributed by atoms with Crippen LogP contribution in [0.3, 0.4) is 0 Å². The lowest BCUT2D eigenvalue weighted by Gasteiger charge is -2.14. The number of nitrogens with one attached hydrogen (secondary N) is 1. The molecule has 0 fully saturated rings. The maximum atomic E-state index is 5.84. The van der Waals surface area contributed by atoms with Crippen LogP contribution in [0.4, 0.5) is 5.69 Å². The summed E-state index contributed by atoms with van der Waals surface area (Å²) in [5, 5.41) is 8.83. The van der Waals surface area contributed by atoms with Crippen LogP contribution in [-0.4, -0.2) is 9.97 Å². The maximum absolute atomic E-state index is 5.84. The minimum absolute atomic E-state index is 0.359. The molecule has 0 aliphatic heterocycles. The van der Waals surface area contributed by atoms with Crippen LogP contribution in [0, 0.1) is 6.92 Å². The molecule has 5 heteroatoms. The van der Waals surface area contributed by atoms with Crippen LogP contribution >= 0.6 is 23.6 Å². The predicted molar refractivity (Wildman–Crippen MR) is 94.0 cm³/mol. The van der Waals surface area contributed by atoms with E-state index in [1.54, 1.807) is 17.5 Å². The third-order valence-corrected chi connectivity index (χ3v) is 4.59. The molecule has 0 unspecified atom stereocenters. The average Bonchev–Trinajstić information content (AvgIpc) is 2.89. The van der Waals surface area contributed by atoms with E-state index in [-0.39, 0.29) is 0 Å². The molecule has 0 saturated heterocycles. The summed E-state index contributed by atoms with van der Waals surface area (Å²) in [6.07, 6.45) is 1.74. The molecule has 2 heterocycles. The number of pyridine rings is 1. The Morgan fingerprint density at radius 3 is 2.86 bits per heavy atom. The molecule has 0 radical (unpaired) electrons. The molecule has 3 aromatic rings. The van der Waals surface area contributed by atoms with Gasteiger partial charge in [0.15, 0.2) is 0 Å². The monoisotopic (exact) mass is 313 g/mol. The van der Waals surface area contributed by atoms with Crippen molar-refractivity contribution < 1.29 is 0 Å². The first-order chi connectivity index (χ1) is 10.2. The number of fused-ring (bicyclic) bond motifs is 1. The Bertz CT molecular complexity index is 808. The summed E-state index contributed by atoms with van der Waals surface area (Å²) >= 11 is 6.87. The van der Waals surface area contributed by atoms with E-state index in [2.05, 4.69) is 28.0 Å². The molecule has 3 N–H and O–H groups in total. The summed E-state index contributed by atoms with van der Waals surface area (Å²) in [4.78, 5) is 4.78. The van der Waals surface area contributed by atoms with Gasteiger partial charge in [-0.2, -0.15) is 11.3 Å². The average molecular weight is 313 g/mol. The van der Waals surface area contributed by atoms with Crippen LogP contribution in [0.25, 0.3) is 10.9 Å². The SMILES string of the molecule is Cc1cscc1CNc1c(C(N)=S)cnc2ccccc12. The van der Waals surface area contributed by atoms with Crippen LogP contribution < -0.4 is 11.1 Å². The normalized spacial score (nSPS) is 10.7. The van der Waals surface area contributed by atoms with Gasteiger partial charge in [0.2, 0.25) is 0 Å². The number of hydrogen-bond acceptors (Lipinski definition) is 4. The molecule has 2 aromatic heterocycles. The number of rotatable bonds is 4. The Morgan fingerprint density at radius 2 is 2.14 bits per heavy atom. The Morgan fingerprint density at radius 1 is 1.33 bits per heavy atom. The lowest BCUT2D eigenvalue weighted by Crippen LogP contribution is -2.14. The van der Waals surface area contributed by atoms with Crippen LogP contribution in [0.2, 0.25) is 0 Å². The number of thiophene rings is 1. The molecule has 0 aliphatic carbocycles. The number of nitrogens with two attached hydrogens (primary N) is 1. The molecule has 0 atom stereocenters. The van der Waals surface area contributed by atoms with Crippen molar-refractivity contribution in [2.75, 3.05) is 5.32 Å². The Labute approximate surface area is 132 Å². The molecule has 0 spiro atoms. The lowest BCUT2D eigenvalue weighted by molar-refractivity contribution is 1.14. The van der Waals surface area contributed by atoms with E-state index < -0.39 is 0 Å². The van der Waals surface area contributed by atoms with E-state index in [1.165, 1.54) is 11.1 Å². The molecule has 21 heavy (non-hydrogen) atoms. The number of anilines is 1. The van der Waals surface area contributed by atoms with Gasteiger partial charge in [-0.05, 0) is 34.9 Å². The fourth-order valence-corrected chi connectivity index (χ4v) is 3.28. The zero-order valence-corrected chi connectivity index (χ0v) is 13.2. The summed E-state index contributed by atoms with van der Waals surface area (Å²) in [6.45, 7) is 2.87. The number of para-hydroxylation sites is 1. The summed E-state index contributed by atoms with van der Waals surface area (Å²) < 4.78 is 0. The van der Waals surface area contributed by atoms with E-state index in [4.69, 9.17) is 18.0 Å². The van der Waals surface area contributed by atoms with Gasteiger partial charge in [-0.15, -0.1) is 0 Å². The fourth-order valence-electron chi connectivity index (χ4n) is 2.27. The molecule has 3 nitrogen and oxygen atoms in total. The molecular weight excluding hydrogens is 298 g/mol. The van der Waals surface area contributed by atoms with Crippen molar-refractivity contribution >= 4 is 45.1 Å². The molecule has 106 valence electrons. The first kappa shape index (κ1) is 14.0. The second kappa shape index (κ2) is 5.79. The van der Waals surface area contributed by atoms with Crippen molar-refractivity contribution in [2.24, 2.45) is 5.73 Å². The Balaban J connectivity index is 2.04. The summed E-state index contributed by atoms with van der Waals surface area (Å²) in [5.41, 5.74) is 11.1. The zero-order valence-electron chi connectivity index (χ0n) is 11.6. The predicted octanol–water partition coefficient (Wildman–Crippen LogP) is 3.85. The number of aromatic nitrogens is 1. The van der Waals surface area contributed by atoms with Crippen LogP contribution in [0.5, 0.6) is 0 Å². The Kier molecular flexibility index (Phi) is 3.86. The van der Waals surface area contributed by atoms with Gasteiger partial charge in [-0.3, -0.25) is 4.98 Å².